The Bertz CT molecular complexity index is 960. The molecule has 0 saturated carbocycles. The average molecular weight is 365 g/mol. The number of nitriles is 3. The predicted octanol–water partition coefficient (Wildman–Crippen LogP) is 2.71. The van der Waals surface area contributed by atoms with Gasteiger partial charge in [0, 0.05) is 24.9 Å². The van der Waals surface area contributed by atoms with Crippen molar-refractivity contribution in [3.05, 3.63) is 58.3 Å². The van der Waals surface area contributed by atoms with Crippen molar-refractivity contribution < 1.29 is 8.78 Å². The molecule has 0 spiro atoms. The highest BCUT2D eigenvalue weighted by Gasteiger charge is 2.54. The molecule has 0 amide bonds. The Hall–Kier alpha value is -3.21. The summed E-state index contributed by atoms with van der Waals surface area (Å²) in [6.45, 7) is 3.80. The van der Waals surface area contributed by atoms with Crippen molar-refractivity contribution >= 4 is 0 Å². The number of halogens is 2. The van der Waals surface area contributed by atoms with Crippen molar-refractivity contribution in [3.63, 3.8) is 0 Å². The molecule has 1 aromatic carbocycles. The molecule has 136 valence electrons. The van der Waals surface area contributed by atoms with Gasteiger partial charge in [-0.1, -0.05) is 19.1 Å². The van der Waals surface area contributed by atoms with Crippen molar-refractivity contribution in [2.45, 2.75) is 12.8 Å². The third-order valence-corrected chi connectivity index (χ3v) is 5.49. The number of fused-ring (bicyclic) bond motifs is 1. The first kappa shape index (κ1) is 18.6. The zero-order chi connectivity index (χ0) is 19.8. The fourth-order valence-electron chi connectivity index (χ4n) is 4.08. The number of nitrogens with two attached hydrogens (primary N) is 1. The summed E-state index contributed by atoms with van der Waals surface area (Å²) < 4.78 is 27.4. The van der Waals surface area contributed by atoms with Crippen LogP contribution < -0.4 is 5.73 Å². The minimum Gasteiger partial charge on any atom is -0.399 e. The lowest BCUT2D eigenvalue weighted by atomic mass is 9.58. The lowest BCUT2D eigenvalue weighted by Crippen LogP contribution is -2.48. The molecule has 2 atom stereocenters. The monoisotopic (exact) mass is 365 g/mol. The summed E-state index contributed by atoms with van der Waals surface area (Å²) in [4.78, 5) is 2.09. The van der Waals surface area contributed by atoms with E-state index in [9.17, 15) is 24.6 Å². The molecule has 1 aromatic rings. The Morgan fingerprint density at radius 3 is 2.48 bits per heavy atom. The van der Waals surface area contributed by atoms with Crippen LogP contribution in [0.1, 0.15) is 18.4 Å². The second-order valence-electron chi connectivity index (χ2n) is 6.70. The van der Waals surface area contributed by atoms with Crippen LogP contribution in [0.3, 0.4) is 0 Å². The van der Waals surface area contributed by atoms with E-state index >= 15 is 0 Å². The molecule has 27 heavy (non-hydrogen) atoms. The molecule has 0 bridgehead atoms. The summed E-state index contributed by atoms with van der Waals surface area (Å²) in [6.07, 6.45) is 1.87. The molecular weight excluding hydrogens is 348 g/mol. The van der Waals surface area contributed by atoms with Gasteiger partial charge in [0.1, 0.15) is 6.07 Å². The van der Waals surface area contributed by atoms with Crippen LogP contribution in [0, 0.1) is 57.0 Å². The number of nitrogens with zero attached hydrogens (tertiary/aromatic N) is 4. The summed E-state index contributed by atoms with van der Waals surface area (Å²) in [5.74, 6) is -3.30. The molecule has 0 unspecified atom stereocenters. The molecule has 0 saturated heterocycles. The molecule has 5 nitrogen and oxygen atoms in total. The maximum atomic E-state index is 13.9. The van der Waals surface area contributed by atoms with Crippen LogP contribution in [-0.4, -0.2) is 24.5 Å². The Morgan fingerprint density at radius 1 is 1.22 bits per heavy atom. The van der Waals surface area contributed by atoms with Crippen molar-refractivity contribution in [1.29, 1.82) is 15.8 Å². The first-order valence-corrected chi connectivity index (χ1v) is 8.54. The number of rotatable bonds is 2. The summed E-state index contributed by atoms with van der Waals surface area (Å²) in [5, 5.41) is 29.4. The van der Waals surface area contributed by atoms with E-state index in [1.807, 2.05) is 31.2 Å². The second kappa shape index (κ2) is 6.83. The van der Waals surface area contributed by atoms with Gasteiger partial charge >= 0.3 is 0 Å². The summed E-state index contributed by atoms with van der Waals surface area (Å²) in [7, 11) is 0. The van der Waals surface area contributed by atoms with Crippen molar-refractivity contribution in [3.8, 4) is 18.2 Å². The number of hydrogen-bond acceptors (Lipinski definition) is 5. The minimum atomic E-state index is -1.84. The van der Waals surface area contributed by atoms with Crippen LogP contribution in [0.5, 0.6) is 0 Å². The predicted molar refractivity (Wildman–Crippen MR) is 93.3 cm³/mol. The van der Waals surface area contributed by atoms with Crippen LogP contribution >= 0.6 is 0 Å². The molecule has 0 fully saturated rings. The van der Waals surface area contributed by atoms with Gasteiger partial charge in [-0.2, -0.15) is 15.8 Å². The van der Waals surface area contributed by atoms with Gasteiger partial charge < -0.3 is 5.73 Å². The van der Waals surface area contributed by atoms with Gasteiger partial charge in [-0.15, -0.1) is 0 Å². The van der Waals surface area contributed by atoms with Gasteiger partial charge in [0.2, 0.25) is 0 Å². The molecule has 0 radical (unpaired) electrons. The number of hydrogen-bond donors (Lipinski definition) is 1. The maximum absolute atomic E-state index is 13.9. The van der Waals surface area contributed by atoms with E-state index in [1.165, 1.54) is 6.07 Å². The van der Waals surface area contributed by atoms with Gasteiger partial charge in [0.15, 0.2) is 17.0 Å². The van der Waals surface area contributed by atoms with Crippen LogP contribution in [0.4, 0.5) is 8.78 Å². The minimum absolute atomic E-state index is 0.128. The third-order valence-electron chi connectivity index (χ3n) is 5.49. The third kappa shape index (κ3) is 2.67. The molecule has 1 aliphatic carbocycles. The lowest BCUT2D eigenvalue weighted by Gasteiger charge is -2.45. The van der Waals surface area contributed by atoms with Crippen molar-refractivity contribution in [2.75, 3.05) is 19.6 Å². The van der Waals surface area contributed by atoms with E-state index < -0.39 is 28.9 Å². The summed E-state index contributed by atoms with van der Waals surface area (Å²) in [6, 6.07) is 9.34. The van der Waals surface area contributed by atoms with Crippen LogP contribution in [0.25, 0.3) is 0 Å². The molecule has 3 rings (SSSR count). The standard InChI is InChI=1S/C20H17F2N5/c1-2-27-6-5-13-14(8-23)19(26)20(10-24,11-25)18(15(13)9-27)12-3-4-16(21)17(22)7-12/h3-5,7,15,18H,2,6,9,26H2,1H3/t15-,18+/m0/s1. The first-order valence-electron chi connectivity index (χ1n) is 8.54. The number of benzene rings is 1. The highest BCUT2D eigenvalue weighted by Crippen LogP contribution is 2.54. The molecule has 0 aromatic heterocycles. The average Bonchev–Trinajstić information content (AvgIpc) is 2.69. The van der Waals surface area contributed by atoms with Crippen LogP contribution in [-0.2, 0) is 0 Å². The molecule has 1 aliphatic heterocycles. The molecule has 2 aliphatic rings. The van der Waals surface area contributed by atoms with Gasteiger partial charge in [-0.05, 0) is 29.8 Å². The van der Waals surface area contributed by atoms with Gasteiger partial charge in [0.25, 0.3) is 0 Å². The quantitative estimate of drug-likeness (QED) is 0.868. The largest absolute Gasteiger partial charge is 0.399 e. The van der Waals surface area contributed by atoms with Gasteiger partial charge in [0.05, 0.1) is 23.4 Å². The lowest BCUT2D eigenvalue weighted by molar-refractivity contribution is 0.214. The summed E-state index contributed by atoms with van der Waals surface area (Å²) in [5.41, 5.74) is 5.29. The van der Waals surface area contributed by atoms with Crippen molar-refractivity contribution in [2.24, 2.45) is 17.1 Å². The Labute approximate surface area is 156 Å². The summed E-state index contributed by atoms with van der Waals surface area (Å²) >= 11 is 0. The van der Waals surface area contributed by atoms with E-state index in [2.05, 4.69) is 4.90 Å². The molecule has 1 heterocycles. The normalized spacial score (nSPS) is 24.2. The van der Waals surface area contributed by atoms with Crippen LogP contribution in [0.2, 0.25) is 0 Å². The highest BCUT2D eigenvalue weighted by atomic mass is 19.2. The van der Waals surface area contributed by atoms with E-state index in [4.69, 9.17) is 5.73 Å². The molecular formula is C20H17F2N5. The Kier molecular flexibility index (Phi) is 4.70. The highest BCUT2D eigenvalue weighted by molar-refractivity contribution is 5.59. The smallest absolute Gasteiger partial charge is 0.191 e. The van der Waals surface area contributed by atoms with E-state index in [0.29, 0.717) is 24.2 Å². The second-order valence-corrected chi connectivity index (χ2v) is 6.70. The number of likely N-dealkylation sites (N-methyl/N-ethyl adjacent to an activating group) is 1. The van der Waals surface area contributed by atoms with Crippen LogP contribution in [0.15, 0.2) is 41.1 Å². The zero-order valence-corrected chi connectivity index (χ0v) is 14.7. The molecule has 7 heteroatoms. The molecule has 2 N–H and O–H groups in total. The van der Waals surface area contributed by atoms with E-state index in [1.54, 1.807) is 0 Å². The Balaban J connectivity index is 2.32. The fourth-order valence-corrected chi connectivity index (χ4v) is 4.08. The SMILES string of the molecule is CCN1CC=C2C(C#N)=C(N)C(C#N)(C#N)[C@H](c3ccc(F)c(F)c3)[C@H]2C1. The number of allylic oxidation sites excluding steroid dienone is 2. The van der Waals surface area contributed by atoms with E-state index in [-0.39, 0.29) is 11.3 Å². The zero-order valence-electron chi connectivity index (χ0n) is 14.7. The maximum Gasteiger partial charge on any atom is 0.191 e. The van der Waals surface area contributed by atoms with E-state index in [0.717, 1.165) is 18.7 Å². The fraction of sp³-hybridized carbons (Fsp3) is 0.350. The topological polar surface area (TPSA) is 101 Å². The van der Waals surface area contributed by atoms with Gasteiger partial charge in [-0.3, -0.25) is 4.90 Å². The van der Waals surface area contributed by atoms with Gasteiger partial charge in [-0.25, -0.2) is 8.78 Å². The van der Waals surface area contributed by atoms with Crippen molar-refractivity contribution in [1.82, 2.24) is 4.90 Å². The Morgan fingerprint density at radius 2 is 1.93 bits per heavy atom. The first-order chi connectivity index (χ1) is 12.9.